The summed E-state index contributed by atoms with van der Waals surface area (Å²) >= 11 is 0. The fourth-order valence-electron chi connectivity index (χ4n) is 2.09. The summed E-state index contributed by atoms with van der Waals surface area (Å²) < 4.78 is 10.6. The highest BCUT2D eigenvalue weighted by molar-refractivity contribution is 5.96. The Morgan fingerprint density at radius 3 is 2.27 bits per heavy atom. The highest BCUT2D eigenvalue weighted by atomic mass is 16.5. The van der Waals surface area contributed by atoms with Crippen molar-refractivity contribution in [2.24, 2.45) is 17.8 Å². The molecule has 1 unspecified atom stereocenters. The third-order valence-electron chi connectivity index (χ3n) is 3.38. The molecule has 0 fully saturated rings. The topological polar surface area (TPSA) is 52.6 Å². The van der Waals surface area contributed by atoms with E-state index in [0.29, 0.717) is 25.2 Å². The molecule has 0 aromatic carbocycles. The molecule has 0 saturated carbocycles. The first-order chi connectivity index (χ1) is 10.3. The number of hydrogen-bond donors (Lipinski definition) is 0. The molecule has 1 atom stereocenters. The second-order valence-electron chi connectivity index (χ2n) is 6.74. The van der Waals surface area contributed by atoms with Crippen LogP contribution in [0.2, 0.25) is 0 Å². The van der Waals surface area contributed by atoms with Gasteiger partial charge in [-0.25, -0.2) is 4.79 Å². The van der Waals surface area contributed by atoms with Crippen molar-refractivity contribution >= 4 is 11.9 Å². The van der Waals surface area contributed by atoms with Crippen LogP contribution in [0.1, 0.15) is 47.5 Å². The van der Waals surface area contributed by atoms with E-state index in [9.17, 15) is 9.59 Å². The van der Waals surface area contributed by atoms with E-state index < -0.39 is 11.9 Å². The molecule has 0 spiro atoms. The van der Waals surface area contributed by atoms with Crippen LogP contribution in [0.25, 0.3) is 0 Å². The number of rotatable bonds is 6. The molecule has 0 aromatic heterocycles. The van der Waals surface area contributed by atoms with Crippen LogP contribution >= 0.6 is 0 Å². The second kappa shape index (κ2) is 8.76. The second-order valence-corrected chi connectivity index (χ2v) is 6.74. The molecule has 4 heteroatoms. The van der Waals surface area contributed by atoms with E-state index in [1.165, 1.54) is 0 Å². The van der Waals surface area contributed by atoms with Crippen LogP contribution in [0.15, 0.2) is 23.3 Å². The average molecular weight is 308 g/mol. The number of allylic oxidation sites excluding steroid dienone is 3. The third-order valence-corrected chi connectivity index (χ3v) is 3.38. The summed E-state index contributed by atoms with van der Waals surface area (Å²) in [5.74, 6) is -0.739. The van der Waals surface area contributed by atoms with Crippen molar-refractivity contribution in [2.45, 2.75) is 47.5 Å². The molecule has 0 aliphatic heterocycles. The third kappa shape index (κ3) is 6.04. The first kappa shape index (κ1) is 18.5. The summed E-state index contributed by atoms with van der Waals surface area (Å²) in [6, 6.07) is 0. The lowest BCUT2D eigenvalue weighted by Crippen LogP contribution is -2.26. The summed E-state index contributed by atoms with van der Waals surface area (Å²) in [7, 11) is 0. The molecule has 0 amide bonds. The smallest absolute Gasteiger partial charge is 0.334 e. The minimum Gasteiger partial charge on any atom is -0.465 e. The van der Waals surface area contributed by atoms with Gasteiger partial charge in [-0.2, -0.15) is 0 Å². The molecule has 0 heterocycles. The molecule has 0 N–H and O–H groups in total. The Labute approximate surface area is 133 Å². The molecular formula is C18H28O4. The summed E-state index contributed by atoms with van der Waals surface area (Å²) in [6.45, 7) is 10.7. The van der Waals surface area contributed by atoms with Crippen molar-refractivity contribution in [1.29, 1.82) is 0 Å². The molecule has 124 valence electrons. The van der Waals surface area contributed by atoms with Crippen LogP contribution in [0.5, 0.6) is 0 Å². The van der Waals surface area contributed by atoms with Gasteiger partial charge < -0.3 is 9.47 Å². The van der Waals surface area contributed by atoms with Crippen LogP contribution in [-0.4, -0.2) is 25.2 Å². The first-order valence-corrected chi connectivity index (χ1v) is 8.02. The lowest BCUT2D eigenvalue weighted by atomic mass is 9.94. The minimum atomic E-state index is -0.535. The Kier molecular flexibility index (Phi) is 7.36. The zero-order chi connectivity index (χ0) is 16.7. The lowest BCUT2D eigenvalue weighted by molar-refractivity contribution is -0.151. The van der Waals surface area contributed by atoms with Crippen LogP contribution in [0.3, 0.4) is 0 Å². The van der Waals surface area contributed by atoms with Crippen molar-refractivity contribution in [3.8, 4) is 0 Å². The normalized spacial score (nSPS) is 18.6. The first-order valence-electron chi connectivity index (χ1n) is 8.02. The maximum absolute atomic E-state index is 12.3. The molecule has 4 nitrogen and oxygen atoms in total. The number of esters is 2. The molecule has 0 radical (unpaired) electrons. The van der Waals surface area contributed by atoms with Crippen LogP contribution in [0, 0.1) is 17.8 Å². The summed E-state index contributed by atoms with van der Waals surface area (Å²) in [4.78, 5) is 24.6. The van der Waals surface area contributed by atoms with Crippen LogP contribution in [-0.2, 0) is 19.1 Å². The summed E-state index contributed by atoms with van der Waals surface area (Å²) in [5.41, 5.74) is 1.56. The van der Waals surface area contributed by atoms with E-state index in [1.807, 2.05) is 40.7 Å². The zero-order valence-corrected chi connectivity index (χ0v) is 14.3. The molecule has 22 heavy (non-hydrogen) atoms. The van der Waals surface area contributed by atoms with Crippen molar-refractivity contribution < 1.29 is 19.1 Å². The van der Waals surface area contributed by atoms with Gasteiger partial charge in [0.05, 0.1) is 24.7 Å². The molecular weight excluding hydrogens is 280 g/mol. The molecule has 0 saturated heterocycles. The Morgan fingerprint density at radius 1 is 1.09 bits per heavy atom. The maximum atomic E-state index is 12.3. The molecule has 0 aromatic rings. The van der Waals surface area contributed by atoms with Crippen LogP contribution in [0.4, 0.5) is 0 Å². The van der Waals surface area contributed by atoms with Gasteiger partial charge in [-0.3, -0.25) is 4.79 Å². The van der Waals surface area contributed by atoms with Crippen LogP contribution < -0.4 is 0 Å². The quantitative estimate of drug-likeness (QED) is 0.703. The molecule has 1 aliphatic carbocycles. The van der Waals surface area contributed by atoms with Gasteiger partial charge in [0, 0.05) is 0 Å². The Balaban J connectivity index is 2.83. The van der Waals surface area contributed by atoms with Crippen molar-refractivity contribution in [3.05, 3.63) is 23.3 Å². The highest BCUT2D eigenvalue weighted by Crippen LogP contribution is 2.26. The van der Waals surface area contributed by atoms with E-state index >= 15 is 0 Å². The van der Waals surface area contributed by atoms with Crippen molar-refractivity contribution in [3.63, 3.8) is 0 Å². The number of carbonyl (C=O) groups excluding carboxylic acids is 2. The Hall–Kier alpha value is -1.58. The summed E-state index contributed by atoms with van der Waals surface area (Å²) in [5, 5.41) is 0. The van der Waals surface area contributed by atoms with E-state index in [-0.39, 0.29) is 17.8 Å². The fourth-order valence-corrected chi connectivity index (χ4v) is 2.09. The Bertz CT molecular complexity index is 458. The minimum absolute atomic E-state index is 0.263. The van der Waals surface area contributed by atoms with E-state index in [4.69, 9.17) is 9.47 Å². The molecule has 1 rings (SSSR count). The van der Waals surface area contributed by atoms with E-state index in [0.717, 1.165) is 12.0 Å². The molecule has 0 bridgehead atoms. The van der Waals surface area contributed by atoms with E-state index in [2.05, 4.69) is 0 Å². The van der Waals surface area contributed by atoms with Gasteiger partial charge >= 0.3 is 11.9 Å². The Morgan fingerprint density at radius 2 is 1.68 bits per heavy atom. The average Bonchev–Trinajstić information content (AvgIpc) is 2.64. The van der Waals surface area contributed by atoms with Gasteiger partial charge in [0.1, 0.15) is 0 Å². The lowest BCUT2D eigenvalue weighted by Gasteiger charge is -2.18. The highest BCUT2D eigenvalue weighted by Gasteiger charge is 2.31. The zero-order valence-electron chi connectivity index (χ0n) is 14.3. The number of ether oxygens (including phenoxy) is 2. The van der Waals surface area contributed by atoms with Gasteiger partial charge in [0.15, 0.2) is 0 Å². The largest absolute Gasteiger partial charge is 0.465 e. The van der Waals surface area contributed by atoms with Gasteiger partial charge in [0.2, 0.25) is 0 Å². The predicted octanol–water partition coefficient (Wildman–Crippen LogP) is 3.67. The van der Waals surface area contributed by atoms with Gasteiger partial charge in [-0.1, -0.05) is 45.4 Å². The monoisotopic (exact) mass is 308 g/mol. The summed E-state index contributed by atoms with van der Waals surface area (Å²) in [6.07, 6.45) is 4.97. The SMILES string of the molecule is CC1=CC=C(C(=O)OCC(C)C)C(C(=O)OCC(C)C)CC1. The van der Waals surface area contributed by atoms with Gasteiger partial charge in [0.25, 0.3) is 0 Å². The maximum Gasteiger partial charge on any atom is 0.334 e. The van der Waals surface area contributed by atoms with Crippen molar-refractivity contribution in [2.75, 3.05) is 13.2 Å². The number of carbonyl (C=O) groups is 2. The molecule has 1 aliphatic rings. The number of hydrogen-bond acceptors (Lipinski definition) is 4. The standard InChI is InChI=1S/C18H28O4/c1-12(2)10-21-17(19)15-8-6-14(5)7-9-16(15)18(20)22-11-13(3)4/h6,8,12-13,16H,7,9-11H2,1-5H3. The van der Waals surface area contributed by atoms with Crippen molar-refractivity contribution in [1.82, 2.24) is 0 Å². The predicted molar refractivity (Wildman–Crippen MR) is 86.2 cm³/mol. The van der Waals surface area contributed by atoms with E-state index in [1.54, 1.807) is 6.08 Å². The van der Waals surface area contributed by atoms with Gasteiger partial charge in [-0.15, -0.1) is 0 Å². The van der Waals surface area contributed by atoms with Gasteiger partial charge in [-0.05, 0) is 31.6 Å². The fraction of sp³-hybridized carbons (Fsp3) is 0.667.